The molecule has 0 bridgehead atoms. The van der Waals surface area contributed by atoms with Crippen molar-refractivity contribution in [2.45, 2.75) is 25.7 Å². The summed E-state index contributed by atoms with van der Waals surface area (Å²) in [6.45, 7) is 2.07. The number of nitrogens with zero attached hydrogens (tertiary/aromatic N) is 5. The van der Waals surface area contributed by atoms with E-state index in [1.807, 2.05) is 12.1 Å². The van der Waals surface area contributed by atoms with E-state index in [0.29, 0.717) is 23.6 Å². The Labute approximate surface area is 155 Å². The van der Waals surface area contributed by atoms with Crippen molar-refractivity contribution in [2.24, 2.45) is 0 Å². The van der Waals surface area contributed by atoms with Crippen LogP contribution in [0.15, 0.2) is 55.0 Å². The van der Waals surface area contributed by atoms with Gasteiger partial charge in [-0.1, -0.05) is 29.8 Å². The molecule has 0 aliphatic heterocycles. The molecule has 4 aromatic rings. The van der Waals surface area contributed by atoms with E-state index in [9.17, 15) is 4.79 Å². The molecule has 1 aromatic carbocycles. The van der Waals surface area contributed by atoms with Gasteiger partial charge in [0, 0.05) is 30.6 Å². The lowest BCUT2D eigenvalue weighted by Gasteiger charge is -2.24. The van der Waals surface area contributed by atoms with E-state index in [1.54, 1.807) is 23.1 Å². The Balaban J connectivity index is 1.61. The van der Waals surface area contributed by atoms with Crippen molar-refractivity contribution < 1.29 is 4.79 Å². The van der Waals surface area contributed by atoms with Crippen LogP contribution in [0.5, 0.6) is 0 Å². The minimum Gasteiger partial charge on any atom is -0.294 e. The number of carbonyl (C=O) groups is 1. The third kappa shape index (κ3) is 2.70. The van der Waals surface area contributed by atoms with Crippen LogP contribution in [-0.4, -0.2) is 30.3 Å². The average Bonchev–Trinajstić information content (AvgIpc) is 3.14. The Bertz CT molecular complexity index is 1150. The Morgan fingerprint density at radius 2 is 1.81 bits per heavy atom. The number of fused-ring (bicyclic) bond motifs is 3. The molecule has 0 saturated heterocycles. The molecule has 1 atom stereocenters. The second kappa shape index (κ2) is 6.09. The van der Waals surface area contributed by atoms with Crippen LogP contribution in [0.1, 0.15) is 39.5 Å². The minimum atomic E-state index is 0.109. The number of aromatic nitrogens is 5. The van der Waals surface area contributed by atoms with Crippen molar-refractivity contribution in [1.29, 1.82) is 0 Å². The lowest BCUT2D eigenvalue weighted by atomic mass is 9.82. The van der Waals surface area contributed by atoms with Crippen molar-refractivity contribution in [3.8, 4) is 11.4 Å². The van der Waals surface area contributed by atoms with E-state index in [4.69, 9.17) is 0 Å². The highest BCUT2D eigenvalue weighted by molar-refractivity contribution is 5.98. The summed E-state index contributed by atoms with van der Waals surface area (Å²) in [6, 6.07) is 12.1. The molecule has 1 unspecified atom stereocenters. The van der Waals surface area contributed by atoms with E-state index in [-0.39, 0.29) is 11.7 Å². The maximum atomic E-state index is 12.7. The van der Waals surface area contributed by atoms with Gasteiger partial charge in [0.1, 0.15) is 0 Å². The molecule has 1 aliphatic rings. The third-order valence-corrected chi connectivity index (χ3v) is 5.12. The first-order chi connectivity index (χ1) is 13.2. The van der Waals surface area contributed by atoms with Crippen LogP contribution in [0.3, 0.4) is 0 Å². The summed E-state index contributed by atoms with van der Waals surface area (Å²) in [5, 5.41) is 4.64. The summed E-state index contributed by atoms with van der Waals surface area (Å²) < 4.78 is 1.73. The zero-order chi connectivity index (χ0) is 18.4. The van der Waals surface area contributed by atoms with E-state index < -0.39 is 0 Å². The summed E-state index contributed by atoms with van der Waals surface area (Å²) in [6.07, 6.45) is 6.29. The number of hydrogen-bond donors (Lipinski definition) is 0. The molecule has 5 rings (SSSR count). The molecule has 6 nitrogen and oxygen atoms in total. The molecule has 1 aliphatic carbocycles. The number of Topliss-reactive ketones (excluding diaryl/α,β-unsaturated/α-hetero) is 1. The van der Waals surface area contributed by atoms with E-state index in [2.05, 4.69) is 51.2 Å². The summed E-state index contributed by atoms with van der Waals surface area (Å²) in [4.78, 5) is 25.7. The predicted octanol–water partition coefficient (Wildman–Crippen LogP) is 3.41. The van der Waals surface area contributed by atoms with Gasteiger partial charge in [0.05, 0.1) is 11.3 Å². The molecular formula is C21H17N5O. The number of pyridine rings is 1. The maximum absolute atomic E-state index is 12.7. The lowest BCUT2D eigenvalue weighted by molar-refractivity contribution is 0.0962. The van der Waals surface area contributed by atoms with Gasteiger partial charge in [0.25, 0.3) is 5.78 Å². The van der Waals surface area contributed by atoms with Gasteiger partial charge in [-0.2, -0.15) is 9.50 Å². The number of ketones is 1. The van der Waals surface area contributed by atoms with Gasteiger partial charge in [-0.3, -0.25) is 9.78 Å². The maximum Gasteiger partial charge on any atom is 0.252 e. The van der Waals surface area contributed by atoms with Crippen LogP contribution in [0.2, 0.25) is 0 Å². The number of hydrogen-bond acceptors (Lipinski definition) is 5. The van der Waals surface area contributed by atoms with Crippen molar-refractivity contribution in [3.63, 3.8) is 0 Å². The zero-order valence-corrected chi connectivity index (χ0v) is 14.8. The number of carbonyl (C=O) groups excluding carboxylic acids is 1. The Hall–Kier alpha value is -3.41. The standard InChI is InChI=1S/C21H17N5O/c1-13-2-4-14(5-3-13)16-10-18-17(19(27)11-16)12-23-21-24-20(25-26(18)21)15-6-8-22-9-7-15/h2-9,12,16H,10-11H2,1H3. The molecule has 6 heteroatoms. The quantitative estimate of drug-likeness (QED) is 0.551. The fraction of sp³-hybridized carbons (Fsp3) is 0.190. The van der Waals surface area contributed by atoms with Crippen LogP contribution < -0.4 is 0 Å². The number of benzene rings is 1. The summed E-state index contributed by atoms with van der Waals surface area (Å²) in [5.74, 6) is 1.35. The topological polar surface area (TPSA) is 73.0 Å². The molecule has 3 heterocycles. The first-order valence-electron chi connectivity index (χ1n) is 8.94. The fourth-order valence-corrected chi connectivity index (χ4v) is 3.65. The number of rotatable bonds is 2. The second-order valence-electron chi connectivity index (χ2n) is 6.94. The molecule has 0 N–H and O–H groups in total. The number of aryl methyl sites for hydroxylation is 1. The van der Waals surface area contributed by atoms with Crippen LogP contribution in [0.25, 0.3) is 17.2 Å². The lowest BCUT2D eigenvalue weighted by Crippen LogP contribution is -2.22. The largest absolute Gasteiger partial charge is 0.294 e. The highest BCUT2D eigenvalue weighted by atomic mass is 16.1. The third-order valence-electron chi connectivity index (χ3n) is 5.12. The van der Waals surface area contributed by atoms with E-state index >= 15 is 0 Å². The average molecular weight is 355 g/mol. The van der Waals surface area contributed by atoms with E-state index in [1.165, 1.54) is 11.1 Å². The second-order valence-corrected chi connectivity index (χ2v) is 6.94. The SMILES string of the molecule is Cc1ccc(C2CC(=O)c3cnc4nc(-c5ccncc5)nn4c3C2)cc1. The monoisotopic (exact) mass is 355 g/mol. The molecule has 0 fully saturated rings. The zero-order valence-electron chi connectivity index (χ0n) is 14.8. The van der Waals surface area contributed by atoms with Gasteiger partial charge in [-0.15, -0.1) is 5.10 Å². The summed E-state index contributed by atoms with van der Waals surface area (Å²) >= 11 is 0. The van der Waals surface area contributed by atoms with Crippen LogP contribution >= 0.6 is 0 Å². The molecule has 0 spiro atoms. The van der Waals surface area contributed by atoms with Gasteiger partial charge in [0.2, 0.25) is 0 Å². The fourth-order valence-electron chi connectivity index (χ4n) is 3.65. The van der Waals surface area contributed by atoms with Gasteiger partial charge in [0.15, 0.2) is 11.6 Å². The highest BCUT2D eigenvalue weighted by Gasteiger charge is 2.29. The Kier molecular flexibility index (Phi) is 3.57. The molecular weight excluding hydrogens is 338 g/mol. The predicted molar refractivity (Wildman–Crippen MR) is 101 cm³/mol. The van der Waals surface area contributed by atoms with Crippen LogP contribution in [0.4, 0.5) is 0 Å². The van der Waals surface area contributed by atoms with Crippen molar-refractivity contribution >= 4 is 11.6 Å². The normalized spacial score (nSPS) is 16.5. The smallest absolute Gasteiger partial charge is 0.252 e. The Morgan fingerprint density at radius 1 is 1.04 bits per heavy atom. The minimum absolute atomic E-state index is 0.109. The first-order valence-corrected chi connectivity index (χ1v) is 8.94. The molecule has 0 radical (unpaired) electrons. The molecule has 0 saturated carbocycles. The van der Waals surface area contributed by atoms with Crippen LogP contribution in [-0.2, 0) is 6.42 Å². The first kappa shape index (κ1) is 15.8. The van der Waals surface area contributed by atoms with E-state index in [0.717, 1.165) is 17.7 Å². The Morgan fingerprint density at radius 3 is 2.59 bits per heavy atom. The molecule has 3 aromatic heterocycles. The van der Waals surface area contributed by atoms with Crippen molar-refractivity contribution in [1.82, 2.24) is 24.6 Å². The van der Waals surface area contributed by atoms with Gasteiger partial charge >= 0.3 is 0 Å². The molecule has 0 amide bonds. The van der Waals surface area contributed by atoms with Gasteiger partial charge in [-0.25, -0.2) is 4.98 Å². The molecule has 27 heavy (non-hydrogen) atoms. The van der Waals surface area contributed by atoms with Gasteiger partial charge < -0.3 is 0 Å². The van der Waals surface area contributed by atoms with Gasteiger partial charge in [-0.05, 0) is 37.0 Å². The van der Waals surface area contributed by atoms with Crippen molar-refractivity contribution in [2.75, 3.05) is 0 Å². The summed E-state index contributed by atoms with van der Waals surface area (Å²) in [5.41, 5.74) is 4.80. The summed E-state index contributed by atoms with van der Waals surface area (Å²) in [7, 11) is 0. The highest BCUT2D eigenvalue weighted by Crippen LogP contribution is 2.33. The van der Waals surface area contributed by atoms with Crippen molar-refractivity contribution in [3.05, 3.63) is 77.4 Å². The molecule has 132 valence electrons. The van der Waals surface area contributed by atoms with Crippen LogP contribution in [0, 0.1) is 6.92 Å².